The molecule has 0 fully saturated rings. The number of carbonyl (C=O) groups excluding carboxylic acids is 2. The quantitative estimate of drug-likeness (QED) is 0.417. The standard InChI is InChI=1S/C24H22F5NO3/c1-13(2)33-23(32)22-14(3)30(12-15-4-9-19(25)20(26)10-15)21(31)11-18(22)16-5-7-17(8-6-16)24(27,28)29/h4-10,13,18H,11-12H2,1-3H3. The Kier molecular flexibility index (Phi) is 6.90. The molecule has 0 radical (unpaired) electrons. The third kappa shape index (κ3) is 5.40. The van der Waals surface area contributed by atoms with Crippen molar-refractivity contribution in [2.24, 2.45) is 0 Å². The van der Waals surface area contributed by atoms with Crippen LogP contribution in [0.4, 0.5) is 22.0 Å². The number of nitrogens with zero attached hydrogens (tertiary/aromatic N) is 1. The number of rotatable bonds is 5. The third-order valence-corrected chi connectivity index (χ3v) is 5.35. The van der Waals surface area contributed by atoms with Crippen LogP contribution < -0.4 is 0 Å². The second-order valence-electron chi connectivity index (χ2n) is 8.06. The summed E-state index contributed by atoms with van der Waals surface area (Å²) in [5.74, 6) is -4.02. The summed E-state index contributed by atoms with van der Waals surface area (Å²) in [6.07, 6.45) is -5.19. The van der Waals surface area contributed by atoms with Crippen molar-refractivity contribution in [3.8, 4) is 0 Å². The Morgan fingerprint density at radius 3 is 2.27 bits per heavy atom. The van der Waals surface area contributed by atoms with Crippen molar-refractivity contribution in [2.75, 3.05) is 0 Å². The molecule has 33 heavy (non-hydrogen) atoms. The monoisotopic (exact) mass is 467 g/mol. The fraction of sp³-hybridized carbons (Fsp3) is 0.333. The third-order valence-electron chi connectivity index (χ3n) is 5.35. The fourth-order valence-electron chi connectivity index (χ4n) is 3.76. The topological polar surface area (TPSA) is 46.6 Å². The second-order valence-corrected chi connectivity index (χ2v) is 8.06. The molecule has 4 nitrogen and oxygen atoms in total. The van der Waals surface area contributed by atoms with E-state index in [-0.39, 0.29) is 24.2 Å². The SMILES string of the molecule is CC1=C(C(=O)OC(C)C)C(c2ccc(C(F)(F)F)cc2)CC(=O)N1Cc1ccc(F)c(F)c1. The number of amides is 1. The van der Waals surface area contributed by atoms with Gasteiger partial charge in [-0.2, -0.15) is 13.2 Å². The lowest BCUT2D eigenvalue weighted by atomic mass is 9.83. The average Bonchev–Trinajstić information content (AvgIpc) is 2.72. The molecule has 0 spiro atoms. The van der Waals surface area contributed by atoms with Crippen molar-refractivity contribution in [3.63, 3.8) is 0 Å². The van der Waals surface area contributed by atoms with Crippen LogP contribution in [0.5, 0.6) is 0 Å². The van der Waals surface area contributed by atoms with Crippen LogP contribution in [0.2, 0.25) is 0 Å². The van der Waals surface area contributed by atoms with Gasteiger partial charge in [-0.05, 0) is 56.2 Å². The molecule has 0 saturated carbocycles. The molecule has 1 amide bonds. The molecule has 9 heteroatoms. The summed E-state index contributed by atoms with van der Waals surface area (Å²) in [5, 5.41) is 0. The lowest BCUT2D eigenvalue weighted by molar-refractivity contribution is -0.144. The van der Waals surface area contributed by atoms with Crippen LogP contribution in [0.3, 0.4) is 0 Å². The van der Waals surface area contributed by atoms with Crippen LogP contribution in [-0.4, -0.2) is 22.9 Å². The predicted octanol–water partition coefficient (Wildman–Crippen LogP) is 5.73. The summed E-state index contributed by atoms with van der Waals surface area (Å²) in [6, 6.07) is 7.50. The first-order valence-electron chi connectivity index (χ1n) is 10.2. The molecule has 1 aliphatic rings. The van der Waals surface area contributed by atoms with E-state index in [2.05, 4.69) is 0 Å². The van der Waals surface area contributed by atoms with Crippen LogP contribution in [0.15, 0.2) is 53.7 Å². The molecule has 1 heterocycles. The van der Waals surface area contributed by atoms with Gasteiger partial charge in [-0.3, -0.25) is 4.79 Å². The highest BCUT2D eigenvalue weighted by Crippen LogP contribution is 2.39. The molecule has 0 saturated heterocycles. The van der Waals surface area contributed by atoms with E-state index in [1.165, 1.54) is 30.0 Å². The van der Waals surface area contributed by atoms with Gasteiger partial charge in [-0.25, -0.2) is 13.6 Å². The molecule has 176 valence electrons. The minimum absolute atomic E-state index is 0.111. The van der Waals surface area contributed by atoms with Crippen molar-refractivity contribution >= 4 is 11.9 Å². The normalized spacial score (nSPS) is 17.1. The average molecular weight is 467 g/mol. The number of allylic oxidation sites excluding steroid dienone is 1. The van der Waals surface area contributed by atoms with Crippen molar-refractivity contribution < 1.29 is 36.3 Å². The predicted molar refractivity (Wildman–Crippen MR) is 110 cm³/mol. The largest absolute Gasteiger partial charge is 0.460 e. The summed E-state index contributed by atoms with van der Waals surface area (Å²) in [6.45, 7) is 4.70. The van der Waals surface area contributed by atoms with Crippen LogP contribution in [-0.2, 0) is 27.0 Å². The van der Waals surface area contributed by atoms with Gasteiger partial charge in [0.1, 0.15) is 0 Å². The summed E-state index contributed by atoms with van der Waals surface area (Å²) >= 11 is 0. The van der Waals surface area contributed by atoms with Gasteiger partial charge in [0.05, 0.1) is 23.8 Å². The molecule has 0 aromatic heterocycles. The van der Waals surface area contributed by atoms with Gasteiger partial charge in [-0.1, -0.05) is 18.2 Å². The summed E-state index contributed by atoms with van der Waals surface area (Å²) in [4.78, 5) is 27.1. The number of halogens is 5. The maximum absolute atomic E-state index is 13.6. The van der Waals surface area contributed by atoms with Crippen molar-refractivity contribution in [3.05, 3.63) is 82.1 Å². The molecule has 2 aromatic carbocycles. The van der Waals surface area contributed by atoms with Crippen molar-refractivity contribution in [1.29, 1.82) is 0 Å². The highest BCUT2D eigenvalue weighted by molar-refractivity contribution is 5.96. The molecule has 0 aliphatic carbocycles. The van der Waals surface area contributed by atoms with E-state index < -0.39 is 47.3 Å². The first kappa shape index (κ1) is 24.4. The number of ether oxygens (including phenoxy) is 1. The fourth-order valence-corrected chi connectivity index (χ4v) is 3.76. The zero-order valence-corrected chi connectivity index (χ0v) is 18.2. The molecule has 0 bridgehead atoms. The van der Waals surface area contributed by atoms with Crippen LogP contribution in [0.1, 0.15) is 49.8 Å². The van der Waals surface area contributed by atoms with Gasteiger partial charge < -0.3 is 9.64 Å². The van der Waals surface area contributed by atoms with Gasteiger partial charge in [-0.15, -0.1) is 0 Å². The molecule has 1 unspecified atom stereocenters. The minimum Gasteiger partial charge on any atom is -0.460 e. The number of alkyl halides is 3. The zero-order valence-electron chi connectivity index (χ0n) is 18.2. The second kappa shape index (κ2) is 9.33. The van der Waals surface area contributed by atoms with E-state index >= 15 is 0 Å². The lowest BCUT2D eigenvalue weighted by Gasteiger charge is -2.35. The molecule has 3 rings (SSSR count). The number of hydrogen-bond acceptors (Lipinski definition) is 3. The Hall–Kier alpha value is -3.23. The van der Waals surface area contributed by atoms with E-state index in [4.69, 9.17) is 4.74 Å². The van der Waals surface area contributed by atoms with Gasteiger partial charge in [0.15, 0.2) is 11.6 Å². The smallest absolute Gasteiger partial charge is 0.416 e. The summed E-state index contributed by atoms with van der Waals surface area (Å²) in [7, 11) is 0. The highest BCUT2D eigenvalue weighted by atomic mass is 19.4. The first-order valence-corrected chi connectivity index (χ1v) is 10.2. The number of hydrogen-bond donors (Lipinski definition) is 0. The molecular weight excluding hydrogens is 445 g/mol. The van der Waals surface area contributed by atoms with E-state index in [1.807, 2.05) is 0 Å². The van der Waals surface area contributed by atoms with Gasteiger partial charge in [0.2, 0.25) is 5.91 Å². The lowest BCUT2D eigenvalue weighted by Crippen LogP contribution is -2.38. The summed E-state index contributed by atoms with van der Waals surface area (Å²) in [5.41, 5.74) is 0.197. The van der Waals surface area contributed by atoms with E-state index in [0.717, 1.165) is 24.3 Å². The minimum atomic E-state index is -4.52. The molecule has 1 aliphatic heterocycles. The van der Waals surface area contributed by atoms with Gasteiger partial charge >= 0.3 is 12.1 Å². The maximum atomic E-state index is 13.6. The van der Waals surface area contributed by atoms with Crippen molar-refractivity contribution in [2.45, 2.75) is 51.9 Å². The number of carbonyl (C=O) groups is 2. The van der Waals surface area contributed by atoms with Crippen LogP contribution >= 0.6 is 0 Å². The molecular formula is C24H22F5NO3. The van der Waals surface area contributed by atoms with Crippen LogP contribution in [0, 0.1) is 11.6 Å². The Morgan fingerprint density at radius 2 is 1.73 bits per heavy atom. The highest BCUT2D eigenvalue weighted by Gasteiger charge is 2.38. The van der Waals surface area contributed by atoms with Gasteiger partial charge in [0.25, 0.3) is 0 Å². The van der Waals surface area contributed by atoms with E-state index in [0.29, 0.717) is 11.1 Å². The van der Waals surface area contributed by atoms with Crippen molar-refractivity contribution in [1.82, 2.24) is 4.90 Å². The Balaban J connectivity index is 2.03. The van der Waals surface area contributed by atoms with E-state index in [9.17, 15) is 31.5 Å². The number of esters is 1. The Morgan fingerprint density at radius 1 is 1.09 bits per heavy atom. The summed E-state index contributed by atoms with van der Waals surface area (Å²) < 4.78 is 71.1. The van der Waals surface area contributed by atoms with E-state index in [1.54, 1.807) is 13.8 Å². The molecule has 1 atom stereocenters. The Labute approximate surface area is 187 Å². The van der Waals surface area contributed by atoms with Gasteiger partial charge in [0, 0.05) is 18.0 Å². The zero-order chi connectivity index (χ0) is 24.5. The first-order chi connectivity index (χ1) is 15.4. The molecule has 0 N–H and O–H groups in total. The maximum Gasteiger partial charge on any atom is 0.416 e. The van der Waals surface area contributed by atoms with Crippen LogP contribution in [0.25, 0.3) is 0 Å². The molecule has 2 aromatic rings. The Bertz CT molecular complexity index is 1090. The number of benzene rings is 2.